The summed E-state index contributed by atoms with van der Waals surface area (Å²) in [4.78, 5) is 35.1. The van der Waals surface area contributed by atoms with Crippen molar-refractivity contribution in [3.8, 4) is 0 Å². The van der Waals surface area contributed by atoms with E-state index < -0.39 is 36.5 Å². The maximum Gasteiger partial charge on any atom is 0.422 e. The van der Waals surface area contributed by atoms with E-state index in [1.54, 1.807) is 19.1 Å². The number of ether oxygens (including phenoxy) is 2. The smallest absolute Gasteiger partial charge is 0.422 e. The summed E-state index contributed by atoms with van der Waals surface area (Å²) in [5.74, 6) is -6.25. The molecule has 0 aromatic heterocycles. The van der Waals surface area contributed by atoms with Crippen molar-refractivity contribution in [1.82, 2.24) is 0 Å². The molecule has 0 aliphatic heterocycles. The van der Waals surface area contributed by atoms with Crippen LogP contribution in [-0.4, -0.2) is 37.7 Å². The summed E-state index contributed by atoms with van der Waals surface area (Å²) >= 11 is 0. The molecule has 0 saturated carbocycles. The fraction of sp³-hybridized carbons (Fsp3) is 0.357. The molecule has 1 atom stereocenters. The van der Waals surface area contributed by atoms with E-state index in [2.05, 4.69) is 14.8 Å². The number of nitrogens with one attached hydrogen (secondary N) is 1. The van der Waals surface area contributed by atoms with E-state index in [9.17, 15) is 27.6 Å². The molecule has 0 fully saturated rings. The first-order valence-corrected chi connectivity index (χ1v) is 6.33. The second-order valence-electron chi connectivity index (χ2n) is 4.53. The molecule has 1 N–H and O–H groups in total. The Bertz CT molecular complexity index is 583. The van der Waals surface area contributed by atoms with Gasteiger partial charge in [-0.2, -0.15) is 13.2 Å². The normalized spacial score (nSPS) is 12.2. The van der Waals surface area contributed by atoms with Crippen LogP contribution in [0.1, 0.15) is 5.56 Å². The zero-order valence-electron chi connectivity index (χ0n) is 12.3. The molecule has 9 heteroatoms. The fourth-order valence-corrected chi connectivity index (χ4v) is 1.52. The van der Waals surface area contributed by atoms with Gasteiger partial charge in [-0.15, -0.1) is 0 Å². The molecule has 1 aromatic rings. The van der Waals surface area contributed by atoms with Crippen LogP contribution in [0.2, 0.25) is 0 Å². The van der Waals surface area contributed by atoms with Gasteiger partial charge in [-0.25, -0.2) is 0 Å². The van der Waals surface area contributed by atoms with Crippen molar-refractivity contribution in [3.05, 3.63) is 29.8 Å². The van der Waals surface area contributed by atoms with E-state index in [-0.39, 0.29) is 5.69 Å². The van der Waals surface area contributed by atoms with Gasteiger partial charge in [-0.3, -0.25) is 14.4 Å². The quantitative estimate of drug-likeness (QED) is 0.657. The fourth-order valence-electron chi connectivity index (χ4n) is 1.52. The van der Waals surface area contributed by atoms with E-state index in [4.69, 9.17) is 0 Å². The summed E-state index contributed by atoms with van der Waals surface area (Å²) in [6.07, 6.45) is -4.77. The SMILES string of the molecule is COC(=O)C(C(=O)Nc1ccc(C)cc1)C(=O)OCC(F)(F)F. The number of alkyl halides is 3. The number of methoxy groups -OCH3 is 1. The average molecular weight is 333 g/mol. The monoisotopic (exact) mass is 333 g/mol. The van der Waals surface area contributed by atoms with Crippen molar-refractivity contribution in [1.29, 1.82) is 0 Å². The Morgan fingerprint density at radius 1 is 1.13 bits per heavy atom. The zero-order valence-corrected chi connectivity index (χ0v) is 12.3. The van der Waals surface area contributed by atoms with E-state index in [1.807, 2.05) is 0 Å². The minimum atomic E-state index is -4.77. The summed E-state index contributed by atoms with van der Waals surface area (Å²) < 4.78 is 44.4. The number of amides is 1. The molecule has 0 saturated heterocycles. The number of hydrogen-bond acceptors (Lipinski definition) is 5. The zero-order chi connectivity index (χ0) is 17.6. The lowest BCUT2D eigenvalue weighted by atomic mass is 10.1. The Morgan fingerprint density at radius 3 is 2.17 bits per heavy atom. The van der Waals surface area contributed by atoms with Crippen molar-refractivity contribution in [2.75, 3.05) is 19.0 Å². The van der Waals surface area contributed by atoms with Gasteiger partial charge in [0, 0.05) is 5.69 Å². The molecule has 1 rings (SSSR count). The van der Waals surface area contributed by atoms with Crippen LogP contribution in [0.15, 0.2) is 24.3 Å². The van der Waals surface area contributed by atoms with Crippen LogP contribution in [0.25, 0.3) is 0 Å². The van der Waals surface area contributed by atoms with Crippen molar-refractivity contribution in [2.24, 2.45) is 5.92 Å². The second kappa shape index (κ2) is 7.61. The predicted octanol–water partition coefficient (Wildman–Crippen LogP) is 1.83. The van der Waals surface area contributed by atoms with Gasteiger partial charge < -0.3 is 14.8 Å². The molecule has 0 bridgehead atoms. The van der Waals surface area contributed by atoms with Gasteiger partial charge in [0.05, 0.1) is 7.11 Å². The molecule has 0 heterocycles. The van der Waals surface area contributed by atoms with Crippen molar-refractivity contribution in [3.63, 3.8) is 0 Å². The molecular formula is C14H14F3NO5. The summed E-state index contributed by atoms with van der Waals surface area (Å²) in [5.41, 5.74) is 1.16. The van der Waals surface area contributed by atoms with Crippen molar-refractivity contribution in [2.45, 2.75) is 13.1 Å². The van der Waals surface area contributed by atoms with Gasteiger partial charge in [-0.05, 0) is 19.1 Å². The Kier molecular flexibility index (Phi) is 6.11. The highest BCUT2D eigenvalue weighted by Crippen LogP contribution is 2.17. The van der Waals surface area contributed by atoms with E-state index >= 15 is 0 Å². The van der Waals surface area contributed by atoms with Crippen LogP contribution in [0.3, 0.4) is 0 Å². The highest BCUT2D eigenvalue weighted by atomic mass is 19.4. The average Bonchev–Trinajstić information content (AvgIpc) is 2.46. The van der Waals surface area contributed by atoms with Crippen LogP contribution in [0, 0.1) is 12.8 Å². The largest absolute Gasteiger partial charge is 0.468 e. The molecule has 1 amide bonds. The van der Waals surface area contributed by atoms with Crippen molar-refractivity contribution >= 4 is 23.5 Å². The molecule has 1 unspecified atom stereocenters. The van der Waals surface area contributed by atoms with Crippen LogP contribution >= 0.6 is 0 Å². The third-order valence-electron chi connectivity index (χ3n) is 2.63. The molecule has 0 aliphatic carbocycles. The maximum absolute atomic E-state index is 12.1. The molecule has 126 valence electrons. The lowest BCUT2D eigenvalue weighted by Gasteiger charge is -2.15. The summed E-state index contributed by atoms with van der Waals surface area (Å²) in [5, 5.41) is 2.24. The van der Waals surface area contributed by atoms with Crippen LogP contribution < -0.4 is 5.32 Å². The standard InChI is InChI=1S/C14H14F3NO5/c1-8-3-5-9(6-4-8)18-11(19)10(12(20)22-2)13(21)23-7-14(15,16)17/h3-6,10H,7H2,1-2H3,(H,18,19). The molecule has 0 spiro atoms. The highest BCUT2D eigenvalue weighted by Gasteiger charge is 2.39. The van der Waals surface area contributed by atoms with Crippen LogP contribution in [0.5, 0.6) is 0 Å². The topological polar surface area (TPSA) is 81.7 Å². The van der Waals surface area contributed by atoms with Gasteiger partial charge in [-0.1, -0.05) is 17.7 Å². The highest BCUT2D eigenvalue weighted by molar-refractivity contribution is 6.18. The van der Waals surface area contributed by atoms with E-state index in [0.717, 1.165) is 12.7 Å². The third kappa shape index (κ3) is 5.97. The molecule has 23 heavy (non-hydrogen) atoms. The lowest BCUT2D eigenvalue weighted by Crippen LogP contribution is -2.39. The number of carbonyl (C=O) groups excluding carboxylic acids is 3. The summed E-state index contributed by atoms with van der Waals surface area (Å²) in [6.45, 7) is -0.103. The maximum atomic E-state index is 12.1. The van der Waals surface area contributed by atoms with Gasteiger partial charge >= 0.3 is 18.1 Å². The number of carbonyl (C=O) groups is 3. The predicted molar refractivity (Wildman–Crippen MR) is 72.3 cm³/mol. The first kappa shape index (κ1) is 18.5. The Balaban J connectivity index is 2.84. The van der Waals surface area contributed by atoms with Gasteiger partial charge in [0.25, 0.3) is 0 Å². The van der Waals surface area contributed by atoms with Gasteiger partial charge in [0.1, 0.15) is 0 Å². The number of halogens is 3. The molecule has 0 aliphatic rings. The second-order valence-corrected chi connectivity index (χ2v) is 4.53. The van der Waals surface area contributed by atoms with Gasteiger partial charge in [0.15, 0.2) is 6.61 Å². The van der Waals surface area contributed by atoms with Crippen LogP contribution in [0.4, 0.5) is 18.9 Å². The molecule has 0 radical (unpaired) electrons. The number of benzene rings is 1. The first-order valence-electron chi connectivity index (χ1n) is 6.33. The number of esters is 2. The number of hydrogen-bond donors (Lipinski definition) is 1. The lowest BCUT2D eigenvalue weighted by molar-refractivity contribution is -0.191. The Hall–Kier alpha value is -2.58. The van der Waals surface area contributed by atoms with E-state index in [0.29, 0.717) is 0 Å². The Morgan fingerprint density at radius 2 is 1.70 bits per heavy atom. The third-order valence-corrected chi connectivity index (χ3v) is 2.63. The number of rotatable bonds is 5. The first-order chi connectivity index (χ1) is 10.6. The van der Waals surface area contributed by atoms with Crippen LogP contribution in [-0.2, 0) is 23.9 Å². The molecule has 6 nitrogen and oxygen atoms in total. The molecule has 1 aromatic carbocycles. The summed E-state index contributed by atoms with van der Waals surface area (Å²) in [6, 6.07) is 6.32. The van der Waals surface area contributed by atoms with Gasteiger partial charge in [0.2, 0.25) is 11.8 Å². The minimum Gasteiger partial charge on any atom is -0.468 e. The molecular weight excluding hydrogens is 319 g/mol. The van der Waals surface area contributed by atoms with E-state index in [1.165, 1.54) is 12.1 Å². The minimum absolute atomic E-state index is 0.262. The Labute approximate surface area is 129 Å². The summed E-state index contributed by atoms with van der Waals surface area (Å²) in [7, 11) is 0.894. The van der Waals surface area contributed by atoms with Crippen molar-refractivity contribution < 1.29 is 37.0 Å². The number of anilines is 1. The number of aryl methyl sites for hydroxylation is 1.